The minimum Gasteiger partial charge on any atom is -0.343 e. The molecule has 0 radical (unpaired) electrons. The van der Waals surface area contributed by atoms with Crippen LogP contribution in [0.5, 0.6) is 0 Å². The highest BCUT2D eigenvalue weighted by Gasteiger charge is 2.12. The summed E-state index contributed by atoms with van der Waals surface area (Å²) in [6.07, 6.45) is 0.712. The molecule has 0 bridgehead atoms. The van der Waals surface area contributed by atoms with Gasteiger partial charge in [-0.1, -0.05) is 19.9 Å². The first-order valence-electron chi connectivity index (χ1n) is 4.85. The van der Waals surface area contributed by atoms with Gasteiger partial charge in [0, 0.05) is 6.07 Å². The van der Waals surface area contributed by atoms with Crippen molar-refractivity contribution in [2.75, 3.05) is 5.48 Å². The first kappa shape index (κ1) is 11.5. The van der Waals surface area contributed by atoms with E-state index in [1.54, 1.807) is 13.0 Å². The molecule has 0 saturated heterocycles. The highest BCUT2D eigenvalue weighted by molar-refractivity contribution is 5.72. The molecule has 82 valence electrons. The first-order valence-corrected chi connectivity index (χ1v) is 4.85. The highest BCUT2D eigenvalue weighted by Crippen LogP contribution is 2.10. The van der Waals surface area contributed by atoms with Crippen molar-refractivity contribution in [2.24, 2.45) is 5.92 Å². The summed E-state index contributed by atoms with van der Waals surface area (Å²) in [7, 11) is 0. The zero-order valence-corrected chi connectivity index (χ0v) is 8.79. The summed E-state index contributed by atoms with van der Waals surface area (Å²) < 4.78 is 12.7. The predicted octanol–water partition coefficient (Wildman–Crippen LogP) is 2.74. The maximum atomic E-state index is 12.7. The predicted molar refractivity (Wildman–Crippen MR) is 55.6 cm³/mol. The minimum absolute atomic E-state index is 0.161. The number of nitrogens with one attached hydrogen (secondary N) is 1. The third-order valence-electron chi connectivity index (χ3n) is 2.11. The summed E-state index contributed by atoms with van der Waals surface area (Å²) in [6, 6.07) is 5.73. The van der Waals surface area contributed by atoms with E-state index < -0.39 is 0 Å². The molecule has 1 rings (SSSR count). The van der Waals surface area contributed by atoms with Crippen LogP contribution in [-0.4, -0.2) is 5.97 Å². The summed E-state index contributed by atoms with van der Waals surface area (Å²) in [5.74, 6) is -0.882. The van der Waals surface area contributed by atoms with Gasteiger partial charge in [0.25, 0.3) is 0 Å². The average molecular weight is 211 g/mol. The van der Waals surface area contributed by atoms with Crippen LogP contribution in [0.2, 0.25) is 0 Å². The van der Waals surface area contributed by atoms with E-state index in [0.717, 1.165) is 0 Å². The molecular formula is C11H14FNO2. The van der Waals surface area contributed by atoms with Gasteiger partial charge in [0.1, 0.15) is 5.82 Å². The van der Waals surface area contributed by atoms with Crippen LogP contribution in [-0.2, 0) is 9.63 Å². The summed E-state index contributed by atoms with van der Waals surface area (Å²) in [5.41, 5.74) is 2.83. The number of hydrogen-bond donors (Lipinski definition) is 1. The number of benzene rings is 1. The van der Waals surface area contributed by atoms with Crippen LogP contribution in [0.25, 0.3) is 0 Å². The number of halogens is 1. The van der Waals surface area contributed by atoms with Gasteiger partial charge in [0.2, 0.25) is 0 Å². The molecule has 15 heavy (non-hydrogen) atoms. The lowest BCUT2D eigenvalue weighted by Crippen LogP contribution is -2.17. The normalized spacial score (nSPS) is 11.9. The molecule has 4 heteroatoms. The number of hydrogen-bond acceptors (Lipinski definition) is 3. The zero-order valence-electron chi connectivity index (χ0n) is 8.79. The number of carbonyl (C=O) groups is 1. The fraction of sp³-hybridized carbons (Fsp3) is 0.364. The van der Waals surface area contributed by atoms with Crippen LogP contribution in [0.4, 0.5) is 10.1 Å². The largest absolute Gasteiger partial charge is 0.343 e. The quantitative estimate of drug-likeness (QED) is 0.778. The molecule has 0 aromatic heterocycles. The number of anilines is 1. The maximum Gasteiger partial charge on any atom is 0.334 e. The standard InChI is InChI=1S/C11H14FNO2/c1-3-8(2)11(14)15-13-10-6-4-5-9(12)7-10/h4-8,13H,3H2,1-2H3. The van der Waals surface area contributed by atoms with Crippen LogP contribution < -0.4 is 5.48 Å². The Balaban J connectivity index is 2.47. The molecule has 1 N–H and O–H groups in total. The van der Waals surface area contributed by atoms with Gasteiger partial charge in [-0.05, 0) is 18.6 Å². The Kier molecular flexibility index (Phi) is 4.09. The SMILES string of the molecule is CCC(C)C(=O)ONc1cccc(F)c1. The molecule has 0 aliphatic heterocycles. The van der Waals surface area contributed by atoms with Gasteiger partial charge in [-0.2, -0.15) is 0 Å². The average Bonchev–Trinajstić information content (AvgIpc) is 2.25. The van der Waals surface area contributed by atoms with E-state index >= 15 is 0 Å². The van der Waals surface area contributed by atoms with Crippen molar-refractivity contribution in [1.29, 1.82) is 0 Å². The maximum absolute atomic E-state index is 12.7. The molecule has 1 unspecified atom stereocenters. The Bertz CT molecular complexity index is 341. The highest BCUT2D eigenvalue weighted by atomic mass is 19.1. The molecule has 0 aliphatic rings. The fourth-order valence-corrected chi connectivity index (χ4v) is 0.928. The third-order valence-corrected chi connectivity index (χ3v) is 2.11. The van der Waals surface area contributed by atoms with Crippen molar-refractivity contribution >= 4 is 11.7 Å². The third kappa shape index (κ3) is 3.58. The van der Waals surface area contributed by atoms with Crippen molar-refractivity contribution in [1.82, 2.24) is 0 Å². The molecule has 0 amide bonds. The molecule has 1 atom stereocenters. The second kappa shape index (κ2) is 5.34. The lowest BCUT2D eigenvalue weighted by Gasteiger charge is -2.09. The van der Waals surface area contributed by atoms with Crippen LogP contribution in [0.3, 0.4) is 0 Å². The van der Waals surface area contributed by atoms with E-state index in [2.05, 4.69) is 5.48 Å². The second-order valence-electron chi connectivity index (χ2n) is 3.34. The topological polar surface area (TPSA) is 38.3 Å². The molecule has 1 aromatic rings. The van der Waals surface area contributed by atoms with Crippen LogP contribution in [0, 0.1) is 11.7 Å². The molecule has 3 nitrogen and oxygen atoms in total. The van der Waals surface area contributed by atoms with Gasteiger partial charge >= 0.3 is 5.97 Å². The Morgan fingerprint density at radius 2 is 2.33 bits per heavy atom. The molecule has 0 fully saturated rings. The van der Waals surface area contributed by atoms with E-state index in [1.807, 2.05) is 6.92 Å². The molecular weight excluding hydrogens is 197 g/mol. The monoisotopic (exact) mass is 211 g/mol. The Labute approximate surface area is 88.2 Å². The first-order chi connectivity index (χ1) is 7.13. The van der Waals surface area contributed by atoms with Crippen molar-refractivity contribution in [3.8, 4) is 0 Å². The Hall–Kier alpha value is -1.58. The van der Waals surface area contributed by atoms with E-state index in [0.29, 0.717) is 12.1 Å². The summed E-state index contributed by atoms with van der Waals surface area (Å²) in [4.78, 5) is 16.0. The van der Waals surface area contributed by atoms with E-state index in [9.17, 15) is 9.18 Å². The summed E-state index contributed by atoms with van der Waals surface area (Å²) >= 11 is 0. The van der Waals surface area contributed by atoms with Gasteiger partial charge in [-0.3, -0.25) is 0 Å². The van der Waals surface area contributed by atoms with Crippen LogP contribution in [0.15, 0.2) is 24.3 Å². The summed E-state index contributed by atoms with van der Waals surface area (Å²) in [5, 5.41) is 0. The molecule has 0 heterocycles. The van der Waals surface area contributed by atoms with Gasteiger partial charge in [0.15, 0.2) is 0 Å². The van der Waals surface area contributed by atoms with E-state index in [-0.39, 0.29) is 17.7 Å². The van der Waals surface area contributed by atoms with E-state index in [1.165, 1.54) is 18.2 Å². The molecule has 1 aromatic carbocycles. The Morgan fingerprint density at radius 1 is 1.60 bits per heavy atom. The van der Waals surface area contributed by atoms with Gasteiger partial charge < -0.3 is 4.84 Å². The van der Waals surface area contributed by atoms with Crippen molar-refractivity contribution in [3.63, 3.8) is 0 Å². The zero-order chi connectivity index (χ0) is 11.3. The lowest BCUT2D eigenvalue weighted by atomic mass is 10.1. The fourth-order valence-electron chi connectivity index (χ4n) is 0.928. The second-order valence-corrected chi connectivity index (χ2v) is 3.34. The summed E-state index contributed by atoms with van der Waals surface area (Å²) in [6.45, 7) is 3.67. The van der Waals surface area contributed by atoms with Crippen LogP contribution in [0.1, 0.15) is 20.3 Å². The van der Waals surface area contributed by atoms with Gasteiger partial charge in [0.05, 0.1) is 11.6 Å². The van der Waals surface area contributed by atoms with E-state index in [4.69, 9.17) is 4.84 Å². The van der Waals surface area contributed by atoms with Gasteiger partial charge in [-0.15, -0.1) is 0 Å². The molecule has 0 spiro atoms. The molecule has 0 aliphatic carbocycles. The van der Waals surface area contributed by atoms with Gasteiger partial charge in [-0.25, -0.2) is 14.7 Å². The number of rotatable bonds is 4. The van der Waals surface area contributed by atoms with Crippen molar-refractivity contribution in [3.05, 3.63) is 30.1 Å². The molecule has 0 saturated carbocycles. The van der Waals surface area contributed by atoms with Crippen LogP contribution >= 0.6 is 0 Å². The van der Waals surface area contributed by atoms with Crippen molar-refractivity contribution in [2.45, 2.75) is 20.3 Å². The van der Waals surface area contributed by atoms with Crippen molar-refractivity contribution < 1.29 is 14.0 Å². The minimum atomic E-state index is -0.375. The smallest absolute Gasteiger partial charge is 0.334 e. The number of carbonyl (C=O) groups excluding carboxylic acids is 1. The lowest BCUT2D eigenvalue weighted by molar-refractivity contribution is -0.144. The Morgan fingerprint density at radius 3 is 2.93 bits per heavy atom.